The van der Waals surface area contributed by atoms with Gasteiger partial charge in [-0.1, -0.05) is 19.1 Å². The van der Waals surface area contributed by atoms with Gasteiger partial charge in [0.2, 0.25) is 0 Å². The van der Waals surface area contributed by atoms with E-state index >= 15 is 0 Å². The van der Waals surface area contributed by atoms with Crippen molar-refractivity contribution < 1.29 is 14.7 Å². The fourth-order valence-corrected chi connectivity index (χ4v) is 0.983. The smallest absolute Gasteiger partial charge is 0.130 e. The molecule has 0 atom stereocenters. The molecular formula is C13H18O3. The first-order valence-electron chi connectivity index (χ1n) is 5.31. The second-order valence-corrected chi connectivity index (χ2v) is 3.44. The van der Waals surface area contributed by atoms with Crippen molar-refractivity contribution in [2.45, 2.75) is 33.1 Å². The Labute approximate surface area is 96.1 Å². The Morgan fingerprint density at radius 3 is 2.19 bits per heavy atom. The highest BCUT2D eigenvalue weighted by Crippen LogP contribution is 2.10. The van der Waals surface area contributed by atoms with E-state index in [0.29, 0.717) is 12.8 Å². The molecule has 0 aliphatic heterocycles. The topological polar surface area (TPSA) is 54.4 Å². The van der Waals surface area contributed by atoms with E-state index in [1.165, 1.54) is 0 Å². The van der Waals surface area contributed by atoms with Gasteiger partial charge in [-0.05, 0) is 31.0 Å². The van der Waals surface area contributed by atoms with Crippen LogP contribution in [0.25, 0.3) is 0 Å². The van der Waals surface area contributed by atoms with Gasteiger partial charge in [0.05, 0.1) is 0 Å². The lowest BCUT2D eigenvalue weighted by atomic mass is 10.1. The fourth-order valence-electron chi connectivity index (χ4n) is 0.983. The molecule has 1 aromatic carbocycles. The molecule has 0 bridgehead atoms. The molecule has 0 aromatic heterocycles. The van der Waals surface area contributed by atoms with Crippen LogP contribution in [0.3, 0.4) is 0 Å². The third-order valence-electron chi connectivity index (χ3n) is 1.87. The van der Waals surface area contributed by atoms with Gasteiger partial charge in [-0.25, -0.2) is 0 Å². The van der Waals surface area contributed by atoms with Crippen LogP contribution < -0.4 is 0 Å². The standard InChI is InChI=1S/C10H12O2.C3H6O/c1-8(11)2-3-9-4-6-10(12)7-5-9;1-2-3-4/h4-7,12H,2-3H2,1H3;3H,2H2,1H3. The number of hydrogen-bond donors (Lipinski definition) is 1. The van der Waals surface area contributed by atoms with Crippen LogP contribution in [-0.4, -0.2) is 17.2 Å². The minimum absolute atomic E-state index is 0.197. The molecule has 1 aromatic rings. The zero-order chi connectivity index (χ0) is 12.4. The van der Waals surface area contributed by atoms with Crippen molar-refractivity contribution in [2.75, 3.05) is 0 Å². The van der Waals surface area contributed by atoms with E-state index in [2.05, 4.69) is 0 Å². The highest BCUT2D eigenvalue weighted by Gasteiger charge is 1.96. The second kappa shape index (κ2) is 8.65. The summed E-state index contributed by atoms with van der Waals surface area (Å²) in [6, 6.07) is 6.93. The molecule has 3 nitrogen and oxygen atoms in total. The highest BCUT2D eigenvalue weighted by atomic mass is 16.3. The molecule has 0 radical (unpaired) electrons. The predicted molar refractivity (Wildman–Crippen MR) is 63.5 cm³/mol. The first kappa shape index (κ1) is 14.4. The van der Waals surface area contributed by atoms with Crippen molar-refractivity contribution in [2.24, 2.45) is 0 Å². The summed E-state index contributed by atoms with van der Waals surface area (Å²) in [5.41, 5.74) is 1.09. The molecule has 0 heterocycles. The Bertz CT molecular complexity index is 314. The van der Waals surface area contributed by atoms with Gasteiger partial charge in [0.15, 0.2) is 0 Å². The zero-order valence-electron chi connectivity index (χ0n) is 9.77. The number of phenolic OH excluding ortho intramolecular Hbond substituents is 1. The van der Waals surface area contributed by atoms with Gasteiger partial charge >= 0.3 is 0 Å². The van der Waals surface area contributed by atoms with Crippen LogP contribution in [0.2, 0.25) is 0 Å². The van der Waals surface area contributed by atoms with E-state index in [1.54, 1.807) is 19.1 Å². The maximum absolute atomic E-state index is 10.6. The Balaban J connectivity index is 0.000000487. The second-order valence-electron chi connectivity index (χ2n) is 3.44. The summed E-state index contributed by atoms with van der Waals surface area (Å²) < 4.78 is 0. The molecule has 0 unspecified atom stereocenters. The number of hydrogen-bond acceptors (Lipinski definition) is 3. The molecule has 0 amide bonds. The van der Waals surface area contributed by atoms with Crippen LogP contribution in [-0.2, 0) is 16.0 Å². The van der Waals surface area contributed by atoms with Gasteiger partial charge in [-0.3, -0.25) is 0 Å². The van der Waals surface area contributed by atoms with Gasteiger partial charge in [0.1, 0.15) is 17.8 Å². The van der Waals surface area contributed by atoms with Crippen molar-refractivity contribution in [3.63, 3.8) is 0 Å². The molecular weight excluding hydrogens is 204 g/mol. The predicted octanol–water partition coefficient (Wildman–Crippen LogP) is 2.51. The lowest BCUT2D eigenvalue weighted by molar-refractivity contribution is -0.117. The van der Waals surface area contributed by atoms with Crippen molar-refractivity contribution in [1.82, 2.24) is 0 Å². The number of Topliss-reactive ketones (excluding diaryl/α,β-unsaturated/α-hetero) is 1. The molecule has 1 rings (SSSR count). The lowest BCUT2D eigenvalue weighted by Crippen LogP contribution is -1.93. The number of carbonyl (C=O) groups is 2. The van der Waals surface area contributed by atoms with Crippen molar-refractivity contribution >= 4 is 12.1 Å². The molecule has 0 spiro atoms. The molecule has 0 aliphatic carbocycles. The summed E-state index contributed by atoms with van der Waals surface area (Å²) in [5.74, 6) is 0.463. The molecule has 0 fully saturated rings. The maximum Gasteiger partial charge on any atom is 0.130 e. The van der Waals surface area contributed by atoms with Gasteiger partial charge < -0.3 is 14.7 Å². The minimum Gasteiger partial charge on any atom is -0.508 e. The summed E-state index contributed by atoms with van der Waals surface area (Å²) in [6.07, 6.45) is 2.85. The number of aromatic hydroxyl groups is 1. The monoisotopic (exact) mass is 222 g/mol. The highest BCUT2D eigenvalue weighted by molar-refractivity contribution is 5.75. The van der Waals surface area contributed by atoms with Crippen LogP contribution in [0.4, 0.5) is 0 Å². The molecule has 0 saturated heterocycles. The van der Waals surface area contributed by atoms with E-state index in [0.717, 1.165) is 18.3 Å². The largest absolute Gasteiger partial charge is 0.508 e. The zero-order valence-corrected chi connectivity index (χ0v) is 9.77. The first-order chi connectivity index (χ1) is 7.60. The molecule has 16 heavy (non-hydrogen) atoms. The Morgan fingerprint density at radius 1 is 1.31 bits per heavy atom. The van der Waals surface area contributed by atoms with Crippen molar-refractivity contribution in [3.05, 3.63) is 29.8 Å². The number of phenols is 1. The van der Waals surface area contributed by atoms with Crippen LogP contribution in [0, 0.1) is 0 Å². The number of carbonyl (C=O) groups excluding carboxylic acids is 2. The molecule has 1 N–H and O–H groups in total. The molecule has 0 saturated carbocycles. The first-order valence-corrected chi connectivity index (χ1v) is 5.31. The van der Waals surface area contributed by atoms with Gasteiger partial charge in [0, 0.05) is 12.8 Å². The summed E-state index contributed by atoms with van der Waals surface area (Å²) in [4.78, 5) is 19.8. The van der Waals surface area contributed by atoms with Crippen molar-refractivity contribution in [1.29, 1.82) is 0 Å². The van der Waals surface area contributed by atoms with E-state index in [9.17, 15) is 9.59 Å². The molecule has 3 heteroatoms. The molecule has 88 valence electrons. The quantitative estimate of drug-likeness (QED) is 0.796. The summed E-state index contributed by atoms with van der Waals surface area (Å²) in [6.45, 7) is 3.40. The molecule has 0 aliphatic rings. The lowest BCUT2D eigenvalue weighted by Gasteiger charge is -1.98. The Kier molecular flexibility index (Phi) is 7.76. The fraction of sp³-hybridized carbons (Fsp3) is 0.385. The SMILES string of the molecule is CC(=O)CCc1ccc(O)cc1.CCC=O. The Morgan fingerprint density at radius 2 is 1.81 bits per heavy atom. The van der Waals surface area contributed by atoms with Gasteiger partial charge in [0.25, 0.3) is 0 Å². The van der Waals surface area contributed by atoms with E-state index in [-0.39, 0.29) is 11.5 Å². The summed E-state index contributed by atoms with van der Waals surface area (Å²) >= 11 is 0. The van der Waals surface area contributed by atoms with E-state index in [1.807, 2.05) is 19.1 Å². The number of rotatable bonds is 4. The summed E-state index contributed by atoms with van der Waals surface area (Å²) in [7, 11) is 0. The van der Waals surface area contributed by atoms with E-state index in [4.69, 9.17) is 5.11 Å². The third kappa shape index (κ3) is 7.74. The van der Waals surface area contributed by atoms with Gasteiger partial charge in [-0.2, -0.15) is 0 Å². The number of ketones is 1. The number of aryl methyl sites for hydroxylation is 1. The normalized spacial score (nSPS) is 8.88. The average molecular weight is 222 g/mol. The maximum atomic E-state index is 10.6. The van der Waals surface area contributed by atoms with Gasteiger partial charge in [-0.15, -0.1) is 0 Å². The van der Waals surface area contributed by atoms with Crippen LogP contribution in [0.5, 0.6) is 5.75 Å². The summed E-state index contributed by atoms with van der Waals surface area (Å²) in [5, 5.41) is 8.97. The van der Waals surface area contributed by atoms with Crippen LogP contribution >= 0.6 is 0 Å². The van der Waals surface area contributed by atoms with E-state index < -0.39 is 0 Å². The average Bonchev–Trinajstić information content (AvgIpc) is 2.28. The van der Waals surface area contributed by atoms with Crippen LogP contribution in [0.15, 0.2) is 24.3 Å². The Hall–Kier alpha value is -1.64. The third-order valence-corrected chi connectivity index (χ3v) is 1.87. The number of aldehydes is 1. The number of benzene rings is 1. The minimum atomic E-state index is 0.197. The van der Waals surface area contributed by atoms with Crippen LogP contribution in [0.1, 0.15) is 32.3 Å². The van der Waals surface area contributed by atoms with Crippen molar-refractivity contribution in [3.8, 4) is 5.75 Å².